The Morgan fingerprint density at radius 2 is 2.13 bits per heavy atom. The van der Waals surface area contributed by atoms with Gasteiger partial charge in [0.05, 0.1) is 16.8 Å². The van der Waals surface area contributed by atoms with Crippen LogP contribution in [0.2, 0.25) is 5.02 Å². The third-order valence-corrected chi connectivity index (χ3v) is 5.11. The molecular formula is C16H21ClN4OS. The van der Waals surface area contributed by atoms with E-state index in [0.29, 0.717) is 10.8 Å². The number of piperazine rings is 1. The maximum Gasteiger partial charge on any atom is 0.233 e. The first-order valence-electron chi connectivity index (χ1n) is 7.94. The molecule has 1 amide bonds. The summed E-state index contributed by atoms with van der Waals surface area (Å²) in [5.41, 5.74) is 1.78. The summed E-state index contributed by atoms with van der Waals surface area (Å²) < 4.78 is 0. The van der Waals surface area contributed by atoms with Gasteiger partial charge in [-0.3, -0.25) is 9.69 Å². The van der Waals surface area contributed by atoms with Gasteiger partial charge in [-0.05, 0) is 31.2 Å². The fraction of sp³-hybridized carbons (Fsp3) is 0.500. The van der Waals surface area contributed by atoms with Crippen molar-refractivity contribution >= 4 is 40.3 Å². The van der Waals surface area contributed by atoms with Crippen LogP contribution in [-0.2, 0) is 4.79 Å². The Kier molecular flexibility index (Phi) is 5.46. The van der Waals surface area contributed by atoms with Gasteiger partial charge in [-0.15, -0.1) is 0 Å². The summed E-state index contributed by atoms with van der Waals surface area (Å²) in [7, 11) is 0. The third kappa shape index (κ3) is 4.19. The molecule has 23 heavy (non-hydrogen) atoms. The smallest absolute Gasteiger partial charge is 0.233 e. The molecule has 0 aliphatic carbocycles. The van der Waals surface area contributed by atoms with Crippen LogP contribution in [0.4, 0.5) is 0 Å². The van der Waals surface area contributed by atoms with Gasteiger partial charge in [0.1, 0.15) is 0 Å². The minimum atomic E-state index is 0.185. The molecular weight excluding hydrogens is 332 g/mol. The van der Waals surface area contributed by atoms with Gasteiger partial charge in [0.2, 0.25) is 5.91 Å². The van der Waals surface area contributed by atoms with Crippen LogP contribution in [0.3, 0.4) is 0 Å². The lowest BCUT2D eigenvalue weighted by atomic mass is 10.3. The van der Waals surface area contributed by atoms with E-state index in [1.165, 1.54) is 18.2 Å². The molecule has 0 spiro atoms. The van der Waals surface area contributed by atoms with Crippen LogP contribution in [0.25, 0.3) is 11.0 Å². The molecule has 7 heteroatoms. The number of benzene rings is 1. The van der Waals surface area contributed by atoms with E-state index in [1.807, 2.05) is 23.1 Å². The van der Waals surface area contributed by atoms with Crippen molar-refractivity contribution in [2.45, 2.75) is 18.5 Å². The summed E-state index contributed by atoms with van der Waals surface area (Å²) >= 11 is 7.42. The second kappa shape index (κ2) is 7.55. The maximum atomic E-state index is 12.3. The highest BCUT2D eigenvalue weighted by molar-refractivity contribution is 7.99. The van der Waals surface area contributed by atoms with Crippen molar-refractivity contribution in [1.82, 2.24) is 19.8 Å². The Balaban J connectivity index is 1.52. The summed E-state index contributed by atoms with van der Waals surface area (Å²) in [6, 6.07) is 5.55. The number of amides is 1. The quantitative estimate of drug-likeness (QED) is 0.841. The van der Waals surface area contributed by atoms with Crippen LogP contribution in [0.1, 0.15) is 13.3 Å². The number of imidazole rings is 1. The van der Waals surface area contributed by atoms with E-state index in [2.05, 4.69) is 21.8 Å². The highest BCUT2D eigenvalue weighted by atomic mass is 35.5. The monoisotopic (exact) mass is 352 g/mol. The summed E-state index contributed by atoms with van der Waals surface area (Å²) in [5, 5.41) is 1.44. The van der Waals surface area contributed by atoms with E-state index in [4.69, 9.17) is 11.6 Å². The number of hydrogen-bond donors (Lipinski definition) is 1. The van der Waals surface area contributed by atoms with Gasteiger partial charge in [0.15, 0.2) is 5.16 Å². The molecule has 0 radical (unpaired) electrons. The first kappa shape index (κ1) is 16.6. The summed E-state index contributed by atoms with van der Waals surface area (Å²) in [5.74, 6) is 0.603. The Bertz CT molecular complexity index is 682. The molecule has 0 atom stereocenters. The van der Waals surface area contributed by atoms with E-state index < -0.39 is 0 Å². The molecule has 1 aliphatic rings. The first-order chi connectivity index (χ1) is 11.2. The molecule has 0 saturated carbocycles. The largest absolute Gasteiger partial charge is 0.339 e. The van der Waals surface area contributed by atoms with Crippen LogP contribution in [-0.4, -0.2) is 64.2 Å². The number of hydrogen-bond acceptors (Lipinski definition) is 4. The average Bonchev–Trinajstić information content (AvgIpc) is 2.95. The van der Waals surface area contributed by atoms with Gasteiger partial charge in [-0.2, -0.15) is 0 Å². The Morgan fingerprint density at radius 1 is 1.35 bits per heavy atom. The van der Waals surface area contributed by atoms with Crippen LogP contribution < -0.4 is 0 Å². The molecule has 1 aromatic carbocycles. The molecule has 1 N–H and O–H groups in total. The highest BCUT2D eigenvalue weighted by Gasteiger charge is 2.20. The predicted molar refractivity (Wildman–Crippen MR) is 95.1 cm³/mol. The first-order valence-corrected chi connectivity index (χ1v) is 9.30. The number of rotatable bonds is 5. The molecule has 3 rings (SSSR count). The van der Waals surface area contributed by atoms with Crippen molar-refractivity contribution in [2.24, 2.45) is 0 Å². The van der Waals surface area contributed by atoms with Crippen molar-refractivity contribution in [2.75, 3.05) is 38.5 Å². The fourth-order valence-electron chi connectivity index (χ4n) is 2.79. The van der Waals surface area contributed by atoms with Gasteiger partial charge >= 0.3 is 0 Å². The number of carbonyl (C=O) groups is 1. The zero-order chi connectivity index (χ0) is 16.2. The van der Waals surface area contributed by atoms with E-state index in [-0.39, 0.29) is 5.91 Å². The van der Waals surface area contributed by atoms with Gasteiger partial charge in [-0.1, -0.05) is 30.3 Å². The molecule has 1 aromatic heterocycles. The molecule has 1 aliphatic heterocycles. The van der Waals surface area contributed by atoms with E-state index in [1.54, 1.807) is 0 Å². The van der Waals surface area contributed by atoms with Crippen molar-refractivity contribution in [3.63, 3.8) is 0 Å². The van der Waals surface area contributed by atoms with Gasteiger partial charge in [-0.25, -0.2) is 4.98 Å². The lowest BCUT2D eigenvalue weighted by molar-refractivity contribution is -0.130. The van der Waals surface area contributed by atoms with E-state index in [0.717, 1.165) is 48.9 Å². The topological polar surface area (TPSA) is 52.2 Å². The number of nitrogens with one attached hydrogen (secondary N) is 1. The number of aromatic nitrogens is 2. The van der Waals surface area contributed by atoms with E-state index >= 15 is 0 Å². The average molecular weight is 353 g/mol. The van der Waals surface area contributed by atoms with Crippen molar-refractivity contribution in [3.05, 3.63) is 23.2 Å². The van der Waals surface area contributed by atoms with Crippen LogP contribution in [0.15, 0.2) is 23.4 Å². The molecule has 1 saturated heterocycles. The molecule has 5 nitrogen and oxygen atoms in total. The predicted octanol–water partition coefficient (Wildman–Crippen LogP) is 2.86. The number of fused-ring (bicyclic) bond motifs is 1. The third-order valence-electron chi connectivity index (χ3n) is 4.02. The van der Waals surface area contributed by atoms with Crippen molar-refractivity contribution in [3.8, 4) is 0 Å². The number of thioether (sulfide) groups is 1. The van der Waals surface area contributed by atoms with Crippen molar-refractivity contribution in [1.29, 1.82) is 0 Å². The number of aromatic amines is 1. The fourth-order valence-corrected chi connectivity index (χ4v) is 3.75. The highest BCUT2D eigenvalue weighted by Crippen LogP contribution is 2.22. The lowest BCUT2D eigenvalue weighted by Crippen LogP contribution is -2.49. The number of H-pyrrole nitrogens is 1. The standard InChI is InChI=1S/C16H21ClN4OS/c1-2-5-20-6-8-21(9-7-20)15(22)11-23-16-18-13-4-3-12(17)10-14(13)19-16/h3-4,10H,2,5-9,11H2,1H3,(H,18,19). The Hall–Kier alpha value is -1.24. The zero-order valence-electron chi connectivity index (χ0n) is 13.2. The van der Waals surface area contributed by atoms with Gasteiger partial charge in [0.25, 0.3) is 0 Å². The van der Waals surface area contributed by atoms with Crippen LogP contribution >= 0.6 is 23.4 Å². The summed E-state index contributed by atoms with van der Waals surface area (Å²) in [6.07, 6.45) is 1.17. The molecule has 0 unspecified atom stereocenters. The molecule has 2 aromatic rings. The second-order valence-electron chi connectivity index (χ2n) is 5.71. The molecule has 0 bridgehead atoms. The molecule has 2 heterocycles. The van der Waals surface area contributed by atoms with Crippen LogP contribution in [0, 0.1) is 0 Å². The zero-order valence-corrected chi connectivity index (χ0v) is 14.8. The van der Waals surface area contributed by atoms with Gasteiger partial charge in [0, 0.05) is 31.2 Å². The Morgan fingerprint density at radius 3 is 2.87 bits per heavy atom. The minimum Gasteiger partial charge on any atom is -0.339 e. The normalized spacial score (nSPS) is 16.2. The minimum absolute atomic E-state index is 0.185. The lowest BCUT2D eigenvalue weighted by Gasteiger charge is -2.34. The maximum absolute atomic E-state index is 12.3. The Labute approximate surface area is 145 Å². The van der Waals surface area contributed by atoms with E-state index in [9.17, 15) is 4.79 Å². The molecule has 124 valence electrons. The van der Waals surface area contributed by atoms with Crippen molar-refractivity contribution < 1.29 is 4.79 Å². The number of carbonyl (C=O) groups excluding carboxylic acids is 1. The number of halogens is 1. The molecule has 1 fully saturated rings. The number of nitrogens with zero attached hydrogens (tertiary/aromatic N) is 3. The van der Waals surface area contributed by atoms with Gasteiger partial charge < -0.3 is 9.88 Å². The SMILES string of the molecule is CCCN1CCN(C(=O)CSc2nc3ccc(Cl)cc3[nH]2)CC1. The summed E-state index contributed by atoms with van der Waals surface area (Å²) in [6.45, 7) is 6.93. The van der Waals surface area contributed by atoms with Crippen LogP contribution in [0.5, 0.6) is 0 Å². The summed E-state index contributed by atoms with van der Waals surface area (Å²) in [4.78, 5) is 24.4. The second-order valence-corrected chi connectivity index (χ2v) is 7.12.